The van der Waals surface area contributed by atoms with Crippen LogP contribution in [0.4, 0.5) is 9.18 Å². The lowest BCUT2D eigenvalue weighted by atomic mass is 9.88. The number of benzene rings is 1. The number of amides is 1. The SMILES string of the molecule is Cc1cc(F)ccc1[C@H]1C[C@@H](N2CCNCC2)CCN1C(=O)O. The van der Waals surface area contributed by atoms with Crippen LogP contribution < -0.4 is 5.32 Å². The molecule has 0 unspecified atom stereocenters. The van der Waals surface area contributed by atoms with Gasteiger partial charge in [0.1, 0.15) is 5.82 Å². The third-order valence-corrected chi connectivity index (χ3v) is 5.08. The lowest BCUT2D eigenvalue weighted by molar-refractivity contribution is 0.0559. The molecular formula is C17H24FN3O2. The summed E-state index contributed by atoms with van der Waals surface area (Å²) in [5.41, 5.74) is 1.75. The molecule has 2 atom stereocenters. The fourth-order valence-corrected chi connectivity index (χ4v) is 3.86. The zero-order chi connectivity index (χ0) is 16.4. The van der Waals surface area contributed by atoms with Crippen LogP contribution in [0.25, 0.3) is 0 Å². The van der Waals surface area contributed by atoms with Crippen LogP contribution in [0.2, 0.25) is 0 Å². The van der Waals surface area contributed by atoms with Gasteiger partial charge in [0.2, 0.25) is 0 Å². The van der Waals surface area contributed by atoms with E-state index >= 15 is 0 Å². The number of aryl methyl sites for hydroxylation is 1. The van der Waals surface area contributed by atoms with Gasteiger partial charge in [-0.25, -0.2) is 9.18 Å². The number of likely N-dealkylation sites (tertiary alicyclic amines) is 1. The first-order valence-electron chi connectivity index (χ1n) is 8.26. The Morgan fingerprint density at radius 1 is 1.30 bits per heavy atom. The second-order valence-electron chi connectivity index (χ2n) is 6.46. The molecule has 2 aliphatic rings. The van der Waals surface area contributed by atoms with Gasteiger partial charge in [-0.2, -0.15) is 0 Å². The maximum absolute atomic E-state index is 13.4. The average Bonchev–Trinajstić information content (AvgIpc) is 2.55. The molecule has 5 nitrogen and oxygen atoms in total. The van der Waals surface area contributed by atoms with Gasteiger partial charge in [-0.05, 0) is 43.0 Å². The quantitative estimate of drug-likeness (QED) is 0.877. The van der Waals surface area contributed by atoms with Crippen molar-refractivity contribution < 1.29 is 14.3 Å². The van der Waals surface area contributed by atoms with E-state index in [0.29, 0.717) is 12.6 Å². The van der Waals surface area contributed by atoms with E-state index in [-0.39, 0.29) is 11.9 Å². The highest BCUT2D eigenvalue weighted by atomic mass is 19.1. The number of carbonyl (C=O) groups is 1. The summed E-state index contributed by atoms with van der Waals surface area (Å²) in [5, 5.41) is 12.9. The van der Waals surface area contributed by atoms with Gasteiger partial charge in [-0.15, -0.1) is 0 Å². The van der Waals surface area contributed by atoms with Gasteiger partial charge in [0.05, 0.1) is 6.04 Å². The van der Waals surface area contributed by atoms with Crippen LogP contribution in [0.15, 0.2) is 18.2 Å². The van der Waals surface area contributed by atoms with E-state index in [1.807, 2.05) is 6.92 Å². The number of hydrogen-bond acceptors (Lipinski definition) is 3. The van der Waals surface area contributed by atoms with Crippen LogP contribution in [0.1, 0.15) is 30.0 Å². The summed E-state index contributed by atoms with van der Waals surface area (Å²) in [6.07, 6.45) is 0.749. The fraction of sp³-hybridized carbons (Fsp3) is 0.588. The van der Waals surface area contributed by atoms with Gasteiger partial charge in [-0.1, -0.05) is 6.07 Å². The molecule has 2 N–H and O–H groups in total. The van der Waals surface area contributed by atoms with Crippen molar-refractivity contribution in [1.29, 1.82) is 0 Å². The Labute approximate surface area is 136 Å². The predicted molar refractivity (Wildman–Crippen MR) is 86.1 cm³/mol. The molecule has 0 bridgehead atoms. The minimum Gasteiger partial charge on any atom is -0.465 e. The van der Waals surface area contributed by atoms with Crippen molar-refractivity contribution in [3.63, 3.8) is 0 Å². The highest BCUT2D eigenvalue weighted by Crippen LogP contribution is 2.35. The smallest absolute Gasteiger partial charge is 0.407 e. The Morgan fingerprint density at radius 3 is 2.70 bits per heavy atom. The van der Waals surface area contributed by atoms with Crippen molar-refractivity contribution in [2.24, 2.45) is 0 Å². The molecule has 1 amide bonds. The van der Waals surface area contributed by atoms with Crippen LogP contribution >= 0.6 is 0 Å². The highest BCUT2D eigenvalue weighted by Gasteiger charge is 2.35. The fourth-order valence-electron chi connectivity index (χ4n) is 3.86. The topological polar surface area (TPSA) is 55.8 Å². The van der Waals surface area contributed by atoms with Crippen molar-refractivity contribution in [1.82, 2.24) is 15.1 Å². The first-order valence-corrected chi connectivity index (χ1v) is 8.26. The Balaban J connectivity index is 1.84. The lowest BCUT2D eigenvalue weighted by Crippen LogP contribution is -2.53. The summed E-state index contributed by atoms with van der Waals surface area (Å²) in [6.45, 7) is 6.37. The summed E-state index contributed by atoms with van der Waals surface area (Å²) in [5.74, 6) is -0.275. The van der Waals surface area contributed by atoms with Crippen molar-refractivity contribution >= 4 is 6.09 Å². The minimum atomic E-state index is -0.891. The number of rotatable bonds is 2. The third-order valence-electron chi connectivity index (χ3n) is 5.08. The van der Waals surface area contributed by atoms with E-state index in [9.17, 15) is 14.3 Å². The number of piperidine rings is 1. The van der Waals surface area contributed by atoms with Crippen molar-refractivity contribution in [2.75, 3.05) is 32.7 Å². The number of halogens is 1. The van der Waals surface area contributed by atoms with Crippen molar-refractivity contribution in [2.45, 2.75) is 31.8 Å². The highest BCUT2D eigenvalue weighted by molar-refractivity contribution is 5.66. The molecule has 0 spiro atoms. The zero-order valence-corrected chi connectivity index (χ0v) is 13.5. The monoisotopic (exact) mass is 321 g/mol. The number of carboxylic acid groups (broad SMARTS) is 1. The number of hydrogen-bond donors (Lipinski definition) is 2. The second-order valence-corrected chi connectivity index (χ2v) is 6.46. The number of nitrogens with zero attached hydrogens (tertiary/aromatic N) is 2. The van der Waals surface area contributed by atoms with Gasteiger partial charge in [0.25, 0.3) is 0 Å². The van der Waals surface area contributed by atoms with E-state index in [2.05, 4.69) is 10.2 Å². The molecule has 0 saturated carbocycles. The number of piperazine rings is 1. The lowest BCUT2D eigenvalue weighted by Gasteiger charge is -2.44. The standard InChI is InChI=1S/C17H24FN3O2/c1-12-10-13(18)2-3-15(12)16-11-14(4-7-21(16)17(22)23)20-8-5-19-6-9-20/h2-3,10,14,16,19H,4-9,11H2,1H3,(H,22,23)/t14-,16+/m0/s1. The van der Waals surface area contributed by atoms with Gasteiger partial charge in [0.15, 0.2) is 0 Å². The van der Waals surface area contributed by atoms with E-state index in [0.717, 1.165) is 50.1 Å². The average molecular weight is 321 g/mol. The Kier molecular flexibility index (Phi) is 4.82. The predicted octanol–water partition coefficient (Wildman–Crippen LogP) is 2.22. The first kappa shape index (κ1) is 16.2. The molecule has 3 rings (SSSR count). The molecule has 2 aliphatic heterocycles. The van der Waals surface area contributed by atoms with Crippen molar-refractivity contribution in [3.8, 4) is 0 Å². The molecule has 6 heteroatoms. The molecule has 0 radical (unpaired) electrons. The van der Waals surface area contributed by atoms with Gasteiger partial charge < -0.3 is 15.3 Å². The summed E-state index contributed by atoms with van der Waals surface area (Å²) in [6, 6.07) is 4.86. The Morgan fingerprint density at radius 2 is 2.04 bits per heavy atom. The molecular weight excluding hydrogens is 297 g/mol. The van der Waals surface area contributed by atoms with Crippen LogP contribution in [-0.2, 0) is 0 Å². The molecule has 1 aromatic rings. The normalized spacial score (nSPS) is 26.3. The maximum atomic E-state index is 13.4. The van der Waals surface area contributed by atoms with E-state index < -0.39 is 6.09 Å². The third kappa shape index (κ3) is 3.48. The van der Waals surface area contributed by atoms with Crippen LogP contribution in [0.3, 0.4) is 0 Å². The van der Waals surface area contributed by atoms with E-state index in [4.69, 9.17) is 0 Å². The summed E-state index contributed by atoms with van der Waals surface area (Å²) in [4.78, 5) is 15.6. The molecule has 2 heterocycles. The van der Waals surface area contributed by atoms with Crippen LogP contribution in [0.5, 0.6) is 0 Å². The van der Waals surface area contributed by atoms with Crippen LogP contribution in [-0.4, -0.2) is 59.8 Å². The van der Waals surface area contributed by atoms with Gasteiger partial charge >= 0.3 is 6.09 Å². The molecule has 0 aromatic heterocycles. The first-order chi connectivity index (χ1) is 11.1. The van der Waals surface area contributed by atoms with Crippen molar-refractivity contribution in [3.05, 3.63) is 35.1 Å². The molecule has 0 aliphatic carbocycles. The second kappa shape index (κ2) is 6.84. The summed E-state index contributed by atoms with van der Waals surface area (Å²) >= 11 is 0. The minimum absolute atomic E-state index is 0.193. The molecule has 2 fully saturated rings. The van der Waals surface area contributed by atoms with Gasteiger partial charge in [-0.3, -0.25) is 4.90 Å². The van der Waals surface area contributed by atoms with E-state index in [1.54, 1.807) is 6.07 Å². The number of nitrogens with one attached hydrogen (secondary N) is 1. The summed E-state index contributed by atoms with van der Waals surface area (Å²) < 4.78 is 13.4. The summed E-state index contributed by atoms with van der Waals surface area (Å²) in [7, 11) is 0. The Bertz CT molecular complexity index is 575. The van der Waals surface area contributed by atoms with Crippen LogP contribution in [0, 0.1) is 12.7 Å². The zero-order valence-electron chi connectivity index (χ0n) is 13.5. The molecule has 126 valence electrons. The molecule has 2 saturated heterocycles. The molecule has 1 aromatic carbocycles. The molecule has 23 heavy (non-hydrogen) atoms. The Hall–Kier alpha value is -1.66. The van der Waals surface area contributed by atoms with E-state index in [1.165, 1.54) is 17.0 Å². The maximum Gasteiger partial charge on any atom is 0.407 e. The largest absolute Gasteiger partial charge is 0.465 e. The van der Waals surface area contributed by atoms with Gasteiger partial charge in [0, 0.05) is 38.8 Å².